The zero-order valence-electron chi connectivity index (χ0n) is 13.2. The molecule has 0 radical (unpaired) electrons. The molecule has 3 nitrogen and oxygen atoms in total. The molecule has 1 aliphatic heterocycles. The summed E-state index contributed by atoms with van der Waals surface area (Å²) in [6, 6.07) is 9.50. The summed E-state index contributed by atoms with van der Waals surface area (Å²) in [4.78, 5) is 0. The predicted molar refractivity (Wildman–Crippen MR) is 85.8 cm³/mol. The Bertz CT molecular complexity index is 540. The molecule has 0 unspecified atom stereocenters. The second-order valence-electron chi connectivity index (χ2n) is 5.70. The zero-order valence-corrected chi connectivity index (χ0v) is 13.2. The standard InChI is InChI=1S/C19H23NO2/c1-2-3-4-5-7-17-14-21-19(22-15-17)18-11-9-16(10-12-18)8-6-13-20/h9-12,17,19H,2-5,7,14-15H2,1H3. The Labute approximate surface area is 133 Å². The van der Waals surface area contributed by atoms with Crippen LogP contribution in [0.3, 0.4) is 0 Å². The van der Waals surface area contributed by atoms with Crippen molar-refractivity contribution in [2.75, 3.05) is 13.2 Å². The fourth-order valence-electron chi connectivity index (χ4n) is 2.59. The van der Waals surface area contributed by atoms with Crippen molar-refractivity contribution in [3.8, 4) is 17.9 Å². The molecule has 0 N–H and O–H groups in total. The van der Waals surface area contributed by atoms with Gasteiger partial charge in [-0.1, -0.05) is 50.7 Å². The number of hydrogen-bond donors (Lipinski definition) is 0. The molecule has 1 aromatic carbocycles. The van der Waals surface area contributed by atoms with Crippen molar-refractivity contribution in [2.24, 2.45) is 5.92 Å². The van der Waals surface area contributed by atoms with Crippen LogP contribution in [0.4, 0.5) is 0 Å². The maximum Gasteiger partial charge on any atom is 0.183 e. The second-order valence-corrected chi connectivity index (χ2v) is 5.70. The van der Waals surface area contributed by atoms with E-state index in [9.17, 15) is 0 Å². The molecule has 0 atom stereocenters. The Morgan fingerprint density at radius 2 is 1.82 bits per heavy atom. The van der Waals surface area contributed by atoms with Crippen molar-refractivity contribution in [1.29, 1.82) is 5.26 Å². The zero-order chi connectivity index (χ0) is 15.6. The first-order valence-corrected chi connectivity index (χ1v) is 8.06. The van der Waals surface area contributed by atoms with Gasteiger partial charge in [0.15, 0.2) is 12.4 Å². The monoisotopic (exact) mass is 297 g/mol. The van der Waals surface area contributed by atoms with Gasteiger partial charge in [-0.2, -0.15) is 5.26 Å². The van der Waals surface area contributed by atoms with Crippen LogP contribution in [-0.2, 0) is 9.47 Å². The van der Waals surface area contributed by atoms with Crippen LogP contribution in [0, 0.1) is 29.1 Å². The summed E-state index contributed by atoms with van der Waals surface area (Å²) in [6.45, 7) is 3.77. The van der Waals surface area contributed by atoms with Gasteiger partial charge in [-0.15, -0.1) is 0 Å². The molecule has 1 aliphatic rings. The molecule has 1 heterocycles. The Morgan fingerprint density at radius 1 is 1.09 bits per heavy atom. The van der Waals surface area contributed by atoms with E-state index in [0.717, 1.165) is 24.3 Å². The van der Waals surface area contributed by atoms with Crippen LogP contribution >= 0.6 is 0 Å². The number of ether oxygens (including phenoxy) is 2. The van der Waals surface area contributed by atoms with E-state index in [4.69, 9.17) is 14.7 Å². The van der Waals surface area contributed by atoms with Crippen molar-refractivity contribution in [3.05, 3.63) is 35.4 Å². The molecular weight excluding hydrogens is 274 g/mol. The Morgan fingerprint density at radius 3 is 2.45 bits per heavy atom. The molecule has 1 saturated heterocycles. The third kappa shape index (κ3) is 5.19. The van der Waals surface area contributed by atoms with E-state index in [1.165, 1.54) is 32.1 Å². The van der Waals surface area contributed by atoms with Crippen molar-refractivity contribution >= 4 is 0 Å². The van der Waals surface area contributed by atoms with Crippen molar-refractivity contribution in [2.45, 2.75) is 45.3 Å². The van der Waals surface area contributed by atoms with Gasteiger partial charge in [0.25, 0.3) is 0 Å². The SMILES string of the molecule is CCCCCCC1COC(c2ccc(C#CC#N)cc2)OC1. The minimum absolute atomic E-state index is 0.273. The number of nitrogens with zero attached hydrogens (tertiary/aromatic N) is 1. The lowest BCUT2D eigenvalue weighted by atomic mass is 10.0. The topological polar surface area (TPSA) is 42.2 Å². The number of benzene rings is 1. The van der Waals surface area contributed by atoms with E-state index in [0.29, 0.717) is 5.92 Å². The molecule has 0 bridgehead atoms. The lowest BCUT2D eigenvalue weighted by molar-refractivity contribution is -0.206. The normalized spacial score (nSPS) is 20.7. The quantitative estimate of drug-likeness (QED) is 0.584. The minimum Gasteiger partial charge on any atom is -0.348 e. The lowest BCUT2D eigenvalue weighted by Crippen LogP contribution is -2.27. The summed E-state index contributed by atoms with van der Waals surface area (Å²) < 4.78 is 11.7. The van der Waals surface area contributed by atoms with E-state index in [1.807, 2.05) is 30.3 Å². The van der Waals surface area contributed by atoms with Crippen LogP contribution < -0.4 is 0 Å². The van der Waals surface area contributed by atoms with Crippen molar-refractivity contribution in [1.82, 2.24) is 0 Å². The summed E-state index contributed by atoms with van der Waals surface area (Å²) in [5, 5.41) is 8.44. The maximum atomic E-state index is 8.44. The molecule has 3 heteroatoms. The van der Waals surface area contributed by atoms with Crippen LogP contribution in [0.2, 0.25) is 0 Å². The fraction of sp³-hybridized carbons (Fsp3) is 0.526. The maximum absolute atomic E-state index is 8.44. The molecular formula is C19H23NO2. The summed E-state index contributed by atoms with van der Waals surface area (Å²) in [5.41, 5.74) is 1.84. The van der Waals surface area contributed by atoms with Gasteiger partial charge in [0.2, 0.25) is 0 Å². The first-order chi connectivity index (χ1) is 10.8. The molecule has 0 spiro atoms. The van der Waals surface area contributed by atoms with Gasteiger partial charge in [-0.25, -0.2) is 0 Å². The Hall–Kier alpha value is -1.81. The smallest absolute Gasteiger partial charge is 0.183 e. The van der Waals surface area contributed by atoms with Gasteiger partial charge < -0.3 is 9.47 Å². The molecule has 22 heavy (non-hydrogen) atoms. The van der Waals surface area contributed by atoms with Crippen LogP contribution in [0.25, 0.3) is 0 Å². The van der Waals surface area contributed by atoms with E-state index in [2.05, 4.69) is 18.8 Å². The van der Waals surface area contributed by atoms with Crippen LogP contribution in [0.1, 0.15) is 56.4 Å². The van der Waals surface area contributed by atoms with Gasteiger partial charge >= 0.3 is 0 Å². The molecule has 2 rings (SSSR count). The van der Waals surface area contributed by atoms with Crippen LogP contribution in [0.15, 0.2) is 24.3 Å². The van der Waals surface area contributed by atoms with Gasteiger partial charge in [0.05, 0.1) is 13.2 Å². The third-order valence-corrected chi connectivity index (χ3v) is 3.88. The predicted octanol–water partition coefficient (Wildman–Crippen LogP) is 4.19. The average Bonchev–Trinajstić information content (AvgIpc) is 2.58. The summed E-state index contributed by atoms with van der Waals surface area (Å²) in [5.74, 6) is 5.69. The van der Waals surface area contributed by atoms with Gasteiger partial charge in [-0.05, 0) is 18.6 Å². The number of rotatable bonds is 6. The summed E-state index contributed by atoms with van der Waals surface area (Å²) in [7, 11) is 0. The Balaban J connectivity index is 1.78. The first-order valence-electron chi connectivity index (χ1n) is 8.06. The Kier molecular flexibility index (Phi) is 6.97. The average molecular weight is 297 g/mol. The highest BCUT2D eigenvalue weighted by molar-refractivity contribution is 5.39. The first kappa shape index (κ1) is 16.6. The number of hydrogen-bond acceptors (Lipinski definition) is 3. The fourth-order valence-corrected chi connectivity index (χ4v) is 2.59. The molecule has 0 aromatic heterocycles. The van der Waals surface area contributed by atoms with Crippen molar-refractivity contribution < 1.29 is 9.47 Å². The molecule has 0 aliphatic carbocycles. The third-order valence-electron chi connectivity index (χ3n) is 3.88. The van der Waals surface area contributed by atoms with Crippen molar-refractivity contribution in [3.63, 3.8) is 0 Å². The van der Waals surface area contributed by atoms with Gasteiger partial charge in [0.1, 0.15) is 0 Å². The highest BCUT2D eigenvalue weighted by Gasteiger charge is 2.23. The summed E-state index contributed by atoms with van der Waals surface area (Å²) in [6.07, 6.45) is 6.08. The molecule has 116 valence electrons. The van der Waals surface area contributed by atoms with Gasteiger partial charge in [-0.3, -0.25) is 0 Å². The van der Waals surface area contributed by atoms with Gasteiger partial charge in [0, 0.05) is 23.0 Å². The number of unbranched alkanes of at least 4 members (excludes halogenated alkanes) is 3. The lowest BCUT2D eigenvalue weighted by Gasteiger charge is -2.29. The molecule has 1 fully saturated rings. The van der Waals surface area contributed by atoms with E-state index in [1.54, 1.807) is 0 Å². The highest BCUT2D eigenvalue weighted by atomic mass is 16.7. The van der Waals surface area contributed by atoms with E-state index in [-0.39, 0.29) is 6.29 Å². The van der Waals surface area contributed by atoms with E-state index < -0.39 is 0 Å². The highest BCUT2D eigenvalue weighted by Crippen LogP contribution is 2.27. The van der Waals surface area contributed by atoms with E-state index >= 15 is 0 Å². The molecule has 1 aromatic rings. The number of nitriles is 1. The largest absolute Gasteiger partial charge is 0.348 e. The van der Waals surface area contributed by atoms with Crippen LogP contribution in [0.5, 0.6) is 0 Å². The minimum atomic E-state index is -0.273. The summed E-state index contributed by atoms with van der Waals surface area (Å²) >= 11 is 0. The molecule has 0 amide bonds. The molecule has 0 saturated carbocycles. The van der Waals surface area contributed by atoms with Crippen LogP contribution in [-0.4, -0.2) is 13.2 Å². The second kappa shape index (κ2) is 9.26.